The number of rotatable bonds is 24. The summed E-state index contributed by atoms with van der Waals surface area (Å²) in [4.78, 5) is 32.6. The summed E-state index contributed by atoms with van der Waals surface area (Å²) >= 11 is 0. The molecule has 0 aliphatic heterocycles. The van der Waals surface area contributed by atoms with Crippen molar-refractivity contribution in [1.29, 1.82) is 0 Å². The Morgan fingerprint density at radius 3 is 0.969 bits per heavy atom. The molecule has 0 fully saturated rings. The normalized spacial score (nSPS) is 10.9. The largest absolute Gasteiger partial charge is 0.437 e. The average molecular weight is 457 g/mol. The Labute approximate surface area is 197 Å². The summed E-state index contributed by atoms with van der Waals surface area (Å²) in [6, 6.07) is 0. The molecule has 0 spiro atoms. The molecule has 0 radical (unpaired) electrons. The van der Waals surface area contributed by atoms with Crippen LogP contribution in [0.1, 0.15) is 142 Å². The number of nitrogens with one attached hydrogen (secondary N) is 2. The van der Waals surface area contributed by atoms with Gasteiger partial charge in [-0.3, -0.25) is 0 Å². The average Bonchev–Trinajstić information content (AvgIpc) is 2.80. The molecule has 0 saturated heterocycles. The Balaban J connectivity index is 3.30. The van der Waals surface area contributed by atoms with Crippen LogP contribution >= 0.6 is 0 Å². The van der Waals surface area contributed by atoms with Gasteiger partial charge in [-0.15, -0.1) is 0 Å². The number of hydrogen-bond acceptors (Lipinski definition) is 6. The van der Waals surface area contributed by atoms with Crippen LogP contribution in [0.5, 0.6) is 0 Å². The molecule has 190 valence electrons. The summed E-state index contributed by atoms with van der Waals surface area (Å²) in [6.45, 7) is 5.60. The summed E-state index contributed by atoms with van der Waals surface area (Å²) in [5, 5.41) is 0. The highest BCUT2D eigenvalue weighted by Gasteiger charge is 2.17. The van der Waals surface area contributed by atoms with Crippen LogP contribution in [0.25, 0.3) is 0 Å². The molecule has 32 heavy (non-hydrogen) atoms. The van der Waals surface area contributed by atoms with E-state index in [0.717, 1.165) is 25.7 Å². The van der Waals surface area contributed by atoms with Crippen LogP contribution in [0.4, 0.5) is 0 Å². The van der Waals surface area contributed by atoms with Gasteiger partial charge in [-0.05, 0) is 12.8 Å². The molecule has 0 atom stereocenters. The molecule has 6 heteroatoms. The Kier molecular flexibility index (Phi) is 25.2. The lowest BCUT2D eigenvalue weighted by molar-refractivity contribution is -0.176. The van der Waals surface area contributed by atoms with Gasteiger partial charge in [-0.2, -0.15) is 11.0 Å². The zero-order valence-electron chi connectivity index (χ0n) is 21.2. The first kappa shape index (κ1) is 30.9. The molecule has 0 saturated carbocycles. The topological polar surface area (TPSA) is 76.7 Å². The fourth-order valence-corrected chi connectivity index (χ4v) is 3.69. The summed E-state index contributed by atoms with van der Waals surface area (Å²) in [5.41, 5.74) is 5.12. The molecule has 6 nitrogen and oxygen atoms in total. The maximum Gasteiger partial charge on any atom is 0.437 e. The third-order valence-corrected chi connectivity index (χ3v) is 5.76. The van der Waals surface area contributed by atoms with Gasteiger partial charge in [0.25, 0.3) is 0 Å². The predicted molar refractivity (Wildman–Crippen MR) is 132 cm³/mol. The van der Waals surface area contributed by atoms with E-state index >= 15 is 0 Å². The van der Waals surface area contributed by atoms with Gasteiger partial charge in [-0.25, -0.2) is 9.59 Å². The Hall–Kier alpha value is -1.14. The van der Waals surface area contributed by atoms with E-state index in [1.165, 1.54) is 103 Å². The minimum atomic E-state index is -1.01. The second kappa shape index (κ2) is 26.1. The van der Waals surface area contributed by atoms with E-state index in [1.807, 2.05) is 0 Å². The molecule has 0 unspecified atom stereocenters. The van der Waals surface area contributed by atoms with Crippen molar-refractivity contribution in [3.63, 3.8) is 0 Å². The van der Waals surface area contributed by atoms with Gasteiger partial charge >= 0.3 is 11.9 Å². The first-order valence-corrected chi connectivity index (χ1v) is 13.6. The van der Waals surface area contributed by atoms with E-state index in [0.29, 0.717) is 13.1 Å². The zero-order valence-corrected chi connectivity index (χ0v) is 21.2. The second-order valence-corrected chi connectivity index (χ2v) is 8.93. The number of hydroxylamine groups is 2. The number of hydrogen-bond donors (Lipinski definition) is 2. The zero-order chi connectivity index (χ0) is 23.5. The van der Waals surface area contributed by atoms with Crippen molar-refractivity contribution in [2.24, 2.45) is 0 Å². The summed E-state index contributed by atoms with van der Waals surface area (Å²) in [6.07, 6.45) is 25.0. The minimum absolute atomic E-state index is 0.557. The van der Waals surface area contributed by atoms with Gasteiger partial charge < -0.3 is 9.68 Å². The summed E-state index contributed by atoms with van der Waals surface area (Å²) in [7, 11) is 0. The second-order valence-electron chi connectivity index (χ2n) is 8.93. The standard InChI is InChI=1S/C26H52N2O4/c1-3-5-7-9-11-13-15-17-19-21-23-27-31-25(29)26(30)32-28-24-22-20-18-16-14-12-10-8-6-4-2/h27-28H,3-24H2,1-2H3. The van der Waals surface area contributed by atoms with Crippen LogP contribution < -0.4 is 11.0 Å². The minimum Gasteiger partial charge on any atom is -0.362 e. The van der Waals surface area contributed by atoms with Gasteiger partial charge in [-0.1, -0.05) is 129 Å². The highest BCUT2D eigenvalue weighted by molar-refractivity contribution is 6.29. The molecule has 0 aromatic carbocycles. The lowest BCUT2D eigenvalue weighted by Crippen LogP contribution is -2.32. The van der Waals surface area contributed by atoms with E-state index in [4.69, 9.17) is 9.68 Å². The van der Waals surface area contributed by atoms with Crippen LogP contribution in [0.15, 0.2) is 0 Å². The fraction of sp³-hybridized carbons (Fsp3) is 0.923. The van der Waals surface area contributed by atoms with Crippen molar-refractivity contribution in [1.82, 2.24) is 11.0 Å². The van der Waals surface area contributed by atoms with Crippen molar-refractivity contribution >= 4 is 11.9 Å². The molecule has 0 heterocycles. The van der Waals surface area contributed by atoms with Crippen molar-refractivity contribution in [2.75, 3.05) is 13.1 Å². The van der Waals surface area contributed by atoms with Gasteiger partial charge in [0.1, 0.15) is 0 Å². The lowest BCUT2D eigenvalue weighted by atomic mass is 10.1. The van der Waals surface area contributed by atoms with Crippen molar-refractivity contribution in [2.45, 2.75) is 142 Å². The fourth-order valence-electron chi connectivity index (χ4n) is 3.69. The number of unbranched alkanes of at least 4 members (excludes halogenated alkanes) is 18. The van der Waals surface area contributed by atoms with Gasteiger partial charge in [0, 0.05) is 13.1 Å². The molecule has 2 N–H and O–H groups in total. The van der Waals surface area contributed by atoms with Crippen LogP contribution in [0, 0.1) is 0 Å². The van der Waals surface area contributed by atoms with Gasteiger partial charge in [0.2, 0.25) is 0 Å². The monoisotopic (exact) mass is 456 g/mol. The van der Waals surface area contributed by atoms with Crippen LogP contribution in [0.2, 0.25) is 0 Å². The van der Waals surface area contributed by atoms with Crippen molar-refractivity contribution in [3.05, 3.63) is 0 Å². The molecule has 0 aromatic rings. The smallest absolute Gasteiger partial charge is 0.362 e. The highest BCUT2D eigenvalue weighted by atomic mass is 16.7. The van der Waals surface area contributed by atoms with E-state index in [1.54, 1.807) is 0 Å². The molecule has 0 aliphatic rings. The van der Waals surface area contributed by atoms with Crippen molar-refractivity contribution < 1.29 is 19.3 Å². The molecule has 0 bridgehead atoms. The van der Waals surface area contributed by atoms with E-state index in [2.05, 4.69) is 24.8 Å². The third kappa shape index (κ3) is 23.5. The molecular weight excluding hydrogens is 404 g/mol. The molecule has 0 aliphatic carbocycles. The van der Waals surface area contributed by atoms with Crippen LogP contribution in [-0.4, -0.2) is 25.0 Å². The Bertz CT molecular complexity index is 381. The first-order valence-electron chi connectivity index (χ1n) is 13.6. The molecule has 0 rings (SSSR count). The first-order chi connectivity index (χ1) is 15.7. The third-order valence-electron chi connectivity index (χ3n) is 5.76. The predicted octanol–water partition coefficient (Wildman–Crippen LogP) is 6.92. The van der Waals surface area contributed by atoms with Crippen LogP contribution in [-0.2, 0) is 19.3 Å². The molecule has 0 aromatic heterocycles. The quantitative estimate of drug-likeness (QED) is 0.0932. The molecular formula is C26H52N2O4. The maximum absolute atomic E-state index is 11.6. The van der Waals surface area contributed by atoms with E-state index in [-0.39, 0.29) is 0 Å². The number of carbonyl (C=O) groups is 2. The highest BCUT2D eigenvalue weighted by Crippen LogP contribution is 2.11. The lowest BCUT2D eigenvalue weighted by Gasteiger charge is -2.07. The maximum atomic E-state index is 11.6. The van der Waals surface area contributed by atoms with Gasteiger partial charge in [0.05, 0.1) is 0 Å². The van der Waals surface area contributed by atoms with Crippen molar-refractivity contribution in [3.8, 4) is 0 Å². The summed E-state index contributed by atoms with van der Waals surface area (Å²) in [5.74, 6) is -2.01. The SMILES string of the molecule is CCCCCCCCCCCCNOC(=O)C(=O)ONCCCCCCCCCCCC. The van der Waals surface area contributed by atoms with Gasteiger partial charge in [0.15, 0.2) is 0 Å². The summed E-state index contributed by atoms with van der Waals surface area (Å²) < 4.78 is 0. The van der Waals surface area contributed by atoms with E-state index < -0.39 is 11.9 Å². The molecule has 0 amide bonds. The number of carbonyl (C=O) groups excluding carboxylic acids is 2. The Morgan fingerprint density at radius 2 is 0.688 bits per heavy atom. The Morgan fingerprint density at radius 1 is 0.438 bits per heavy atom. The van der Waals surface area contributed by atoms with E-state index in [9.17, 15) is 9.59 Å². The van der Waals surface area contributed by atoms with Crippen LogP contribution in [0.3, 0.4) is 0 Å².